The van der Waals surface area contributed by atoms with Gasteiger partial charge in [0, 0.05) is 20.7 Å². The van der Waals surface area contributed by atoms with E-state index in [1.165, 1.54) is 11.1 Å². The third-order valence-electron chi connectivity index (χ3n) is 3.74. The maximum atomic E-state index is 5.08. The Kier molecular flexibility index (Phi) is 9.43. The summed E-state index contributed by atoms with van der Waals surface area (Å²) in [5, 5.41) is 14.8. The van der Waals surface area contributed by atoms with E-state index in [1.54, 1.807) is 7.11 Å². The van der Waals surface area contributed by atoms with E-state index in [4.69, 9.17) is 4.74 Å². The monoisotopic (exact) mass is 458 g/mol. The van der Waals surface area contributed by atoms with Gasteiger partial charge in [-0.15, -0.1) is 34.2 Å². The third kappa shape index (κ3) is 6.99. The lowest BCUT2D eigenvalue weighted by atomic mass is 10.1. The zero-order chi connectivity index (χ0) is 17.4. The largest absolute Gasteiger partial charge is 0.383 e. The van der Waals surface area contributed by atoms with Crippen LogP contribution in [0.1, 0.15) is 22.8 Å². The molecule has 2 aromatic rings. The summed E-state index contributed by atoms with van der Waals surface area (Å²) in [5.74, 6) is 2.48. The molecule has 0 saturated carbocycles. The maximum Gasteiger partial charge on any atom is 0.192 e. The predicted octanol–water partition coefficient (Wildman–Crippen LogP) is 1.93. The lowest BCUT2D eigenvalue weighted by molar-refractivity contribution is 0.203. The number of ether oxygens (including phenoxy) is 1. The van der Waals surface area contributed by atoms with Gasteiger partial charge in [0.15, 0.2) is 11.8 Å². The number of halogens is 1. The molecule has 0 aliphatic heterocycles. The van der Waals surface area contributed by atoms with Crippen molar-refractivity contribution in [2.24, 2.45) is 12.0 Å². The quantitative estimate of drug-likeness (QED) is 0.287. The fourth-order valence-corrected chi connectivity index (χ4v) is 2.08. The summed E-state index contributed by atoms with van der Waals surface area (Å²) in [6.45, 7) is 6.49. The van der Waals surface area contributed by atoms with Crippen LogP contribution in [-0.4, -0.2) is 41.0 Å². The fraction of sp³-hybridized carbons (Fsp3) is 0.471. The minimum absolute atomic E-state index is 0. The Balaban J connectivity index is 0.00000312. The molecule has 1 heterocycles. The standard InChI is InChI=1S/C17H26N6O.HI/c1-13-5-7-15(8-6-13)11-19-17(18-9-10-24-4)20-12-16-22-21-14(2)23(16)3;/h5-8H,9-12H2,1-4H3,(H2,18,19,20);1H. The van der Waals surface area contributed by atoms with E-state index in [-0.39, 0.29) is 24.0 Å². The molecule has 7 nitrogen and oxygen atoms in total. The molecule has 0 aliphatic rings. The normalized spacial score (nSPS) is 11.1. The summed E-state index contributed by atoms with van der Waals surface area (Å²) in [6.07, 6.45) is 0. The first-order valence-corrected chi connectivity index (χ1v) is 8.01. The predicted molar refractivity (Wildman–Crippen MR) is 110 cm³/mol. The minimum Gasteiger partial charge on any atom is -0.383 e. The smallest absolute Gasteiger partial charge is 0.192 e. The number of nitrogens with zero attached hydrogens (tertiary/aromatic N) is 4. The molecule has 0 radical (unpaired) electrons. The molecule has 2 N–H and O–H groups in total. The number of guanidine groups is 1. The van der Waals surface area contributed by atoms with E-state index in [2.05, 4.69) is 57.0 Å². The molecule has 2 rings (SSSR count). The molecule has 0 saturated heterocycles. The van der Waals surface area contributed by atoms with Crippen molar-refractivity contribution < 1.29 is 4.74 Å². The van der Waals surface area contributed by atoms with E-state index >= 15 is 0 Å². The highest BCUT2D eigenvalue weighted by Crippen LogP contribution is 2.04. The molecule has 0 fully saturated rings. The Morgan fingerprint density at radius 3 is 2.48 bits per heavy atom. The van der Waals surface area contributed by atoms with Gasteiger partial charge in [0.2, 0.25) is 0 Å². The third-order valence-corrected chi connectivity index (χ3v) is 3.74. The van der Waals surface area contributed by atoms with Gasteiger partial charge in [-0.1, -0.05) is 29.8 Å². The van der Waals surface area contributed by atoms with Crippen molar-refractivity contribution in [2.75, 3.05) is 20.3 Å². The number of benzene rings is 1. The maximum absolute atomic E-state index is 5.08. The second-order valence-corrected chi connectivity index (χ2v) is 5.65. The Morgan fingerprint density at radius 1 is 1.16 bits per heavy atom. The van der Waals surface area contributed by atoms with E-state index in [9.17, 15) is 0 Å². The van der Waals surface area contributed by atoms with Gasteiger partial charge >= 0.3 is 0 Å². The number of aromatic nitrogens is 3. The summed E-state index contributed by atoms with van der Waals surface area (Å²) < 4.78 is 7.04. The van der Waals surface area contributed by atoms with Crippen LogP contribution < -0.4 is 10.6 Å². The summed E-state index contributed by atoms with van der Waals surface area (Å²) in [5.41, 5.74) is 2.42. The van der Waals surface area contributed by atoms with Crippen molar-refractivity contribution in [3.05, 3.63) is 47.0 Å². The van der Waals surface area contributed by atoms with Crippen molar-refractivity contribution in [2.45, 2.75) is 26.9 Å². The number of hydrogen-bond donors (Lipinski definition) is 2. The van der Waals surface area contributed by atoms with Gasteiger partial charge in [0.1, 0.15) is 5.82 Å². The number of aryl methyl sites for hydroxylation is 2. The molecule has 138 valence electrons. The highest BCUT2D eigenvalue weighted by molar-refractivity contribution is 14.0. The van der Waals surface area contributed by atoms with Crippen molar-refractivity contribution >= 4 is 29.9 Å². The van der Waals surface area contributed by atoms with Crippen molar-refractivity contribution in [3.8, 4) is 0 Å². The van der Waals surface area contributed by atoms with Gasteiger partial charge in [0.05, 0.1) is 19.7 Å². The zero-order valence-corrected chi connectivity index (χ0v) is 17.6. The highest BCUT2D eigenvalue weighted by Gasteiger charge is 2.06. The van der Waals surface area contributed by atoms with Gasteiger partial charge in [-0.2, -0.15) is 0 Å². The number of nitrogens with one attached hydrogen (secondary N) is 2. The number of methoxy groups -OCH3 is 1. The minimum atomic E-state index is 0. The van der Waals surface area contributed by atoms with Crippen LogP contribution >= 0.6 is 24.0 Å². The second kappa shape index (κ2) is 11.0. The van der Waals surface area contributed by atoms with Crippen LogP contribution in [0.25, 0.3) is 0 Å². The first-order chi connectivity index (χ1) is 11.6. The lowest BCUT2D eigenvalue weighted by Gasteiger charge is -2.12. The molecule has 0 atom stereocenters. The molecule has 0 aliphatic carbocycles. The Bertz CT molecular complexity index is 668. The van der Waals surface area contributed by atoms with Gasteiger partial charge in [-0.05, 0) is 19.4 Å². The molecule has 0 unspecified atom stereocenters. The highest BCUT2D eigenvalue weighted by atomic mass is 127. The lowest BCUT2D eigenvalue weighted by Crippen LogP contribution is -2.39. The van der Waals surface area contributed by atoms with Crippen molar-refractivity contribution in [1.82, 2.24) is 25.4 Å². The fourth-order valence-electron chi connectivity index (χ4n) is 2.08. The molecular weight excluding hydrogens is 431 g/mol. The van der Waals surface area contributed by atoms with Gasteiger partial charge in [-0.25, -0.2) is 4.99 Å². The van der Waals surface area contributed by atoms with Crippen LogP contribution in [0.2, 0.25) is 0 Å². The SMILES string of the molecule is COCCNC(=NCc1ccc(C)cc1)NCc1nnc(C)n1C.I. The number of rotatable bonds is 7. The van der Waals surface area contributed by atoms with Crippen molar-refractivity contribution in [3.63, 3.8) is 0 Å². The summed E-state index contributed by atoms with van der Waals surface area (Å²) in [7, 11) is 3.63. The zero-order valence-electron chi connectivity index (χ0n) is 15.2. The second-order valence-electron chi connectivity index (χ2n) is 5.65. The first kappa shape index (κ1) is 21.4. The van der Waals surface area contributed by atoms with Gasteiger partial charge < -0.3 is 19.9 Å². The summed E-state index contributed by atoms with van der Waals surface area (Å²) >= 11 is 0. The molecule has 1 aromatic carbocycles. The number of aliphatic imine (C=N–C) groups is 1. The van der Waals surface area contributed by atoms with Crippen LogP contribution in [0.15, 0.2) is 29.3 Å². The first-order valence-electron chi connectivity index (χ1n) is 8.01. The van der Waals surface area contributed by atoms with Crippen LogP contribution in [0, 0.1) is 13.8 Å². The number of hydrogen-bond acceptors (Lipinski definition) is 4. The Labute approximate surface area is 166 Å². The van der Waals surface area contributed by atoms with E-state index in [0.717, 1.165) is 17.6 Å². The van der Waals surface area contributed by atoms with Crippen molar-refractivity contribution in [1.29, 1.82) is 0 Å². The molecule has 1 aromatic heterocycles. The molecule has 0 amide bonds. The molecule has 8 heteroatoms. The Morgan fingerprint density at radius 2 is 1.88 bits per heavy atom. The van der Waals surface area contributed by atoms with E-state index in [0.29, 0.717) is 26.2 Å². The van der Waals surface area contributed by atoms with Crippen LogP contribution in [0.3, 0.4) is 0 Å². The van der Waals surface area contributed by atoms with Crippen LogP contribution in [-0.2, 0) is 24.9 Å². The average Bonchev–Trinajstić information content (AvgIpc) is 2.90. The summed E-state index contributed by atoms with van der Waals surface area (Å²) in [6, 6.07) is 8.38. The molecule has 25 heavy (non-hydrogen) atoms. The van der Waals surface area contributed by atoms with E-state index in [1.807, 2.05) is 18.5 Å². The molecular formula is C17H27IN6O. The topological polar surface area (TPSA) is 76.4 Å². The molecule has 0 bridgehead atoms. The molecule has 0 spiro atoms. The van der Waals surface area contributed by atoms with Gasteiger partial charge in [0.25, 0.3) is 0 Å². The summed E-state index contributed by atoms with van der Waals surface area (Å²) in [4.78, 5) is 4.63. The average molecular weight is 458 g/mol. The van der Waals surface area contributed by atoms with Crippen LogP contribution in [0.4, 0.5) is 0 Å². The van der Waals surface area contributed by atoms with E-state index < -0.39 is 0 Å². The van der Waals surface area contributed by atoms with Gasteiger partial charge in [-0.3, -0.25) is 0 Å². The van der Waals surface area contributed by atoms with Crippen LogP contribution in [0.5, 0.6) is 0 Å². The Hall–Kier alpha value is -1.68.